The van der Waals surface area contributed by atoms with Crippen LogP contribution in [-0.2, 0) is 0 Å². The van der Waals surface area contributed by atoms with Crippen molar-refractivity contribution >= 4 is 5.91 Å². The van der Waals surface area contributed by atoms with Crippen LogP contribution in [0.3, 0.4) is 0 Å². The van der Waals surface area contributed by atoms with Crippen molar-refractivity contribution in [2.75, 3.05) is 20.2 Å². The molecule has 0 fully saturated rings. The third-order valence-electron chi connectivity index (χ3n) is 2.27. The van der Waals surface area contributed by atoms with Gasteiger partial charge in [-0.15, -0.1) is 0 Å². The van der Waals surface area contributed by atoms with Crippen molar-refractivity contribution in [1.82, 2.24) is 5.32 Å². The second-order valence-electron chi connectivity index (χ2n) is 3.45. The van der Waals surface area contributed by atoms with Gasteiger partial charge in [-0.1, -0.05) is 12.1 Å². The maximum absolute atomic E-state index is 11.8. The van der Waals surface area contributed by atoms with E-state index < -0.39 is 0 Å². The van der Waals surface area contributed by atoms with E-state index in [1.165, 1.54) is 0 Å². The number of methoxy groups -OCH3 is 1. The lowest BCUT2D eigenvalue weighted by Gasteiger charge is -2.08. The molecule has 0 aliphatic heterocycles. The molecule has 88 valence electrons. The van der Waals surface area contributed by atoms with E-state index in [0.29, 0.717) is 24.4 Å². The molecule has 0 unspecified atom stereocenters. The first-order valence-corrected chi connectivity index (χ1v) is 5.41. The summed E-state index contributed by atoms with van der Waals surface area (Å²) in [5.74, 6) is 0.494. The molecule has 3 N–H and O–H groups in total. The average Bonchev–Trinajstić information content (AvgIpc) is 2.34. The number of amides is 1. The molecule has 0 bridgehead atoms. The van der Waals surface area contributed by atoms with Crippen molar-refractivity contribution in [3.63, 3.8) is 0 Å². The monoisotopic (exact) mass is 222 g/mol. The predicted molar refractivity (Wildman–Crippen MR) is 63.6 cm³/mol. The lowest BCUT2D eigenvalue weighted by molar-refractivity contribution is 0.0950. The van der Waals surface area contributed by atoms with E-state index in [-0.39, 0.29) is 5.91 Å². The van der Waals surface area contributed by atoms with Crippen molar-refractivity contribution in [3.8, 4) is 5.75 Å². The number of nitrogens with one attached hydrogen (secondary N) is 1. The summed E-state index contributed by atoms with van der Waals surface area (Å²) in [5.41, 5.74) is 5.94. The average molecular weight is 222 g/mol. The number of carbonyl (C=O) groups excluding carboxylic acids is 1. The molecule has 0 spiro atoms. The second-order valence-corrected chi connectivity index (χ2v) is 3.45. The van der Waals surface area contributed by atoms with Crippen molar-refractivity contribution in [3.05, 3.63) is 29.8 Å². The van der Waals surface area contributed by atoms with Gasteiger partial charge in [0, 0.05) is 6.54 Å². The van der Waals surface area contributed by atoms with E-state index in [9.17, 15) is 4.79 Å². The van der Waals surface area contributed by atoms with Crippen LogP contribution >= 0.6 is 0 Å². The molecule has 4 heteroatoms. The first-order valence-electron chi connectivity index (χ1n) is 5.41. The number of nitrogens with two attached hydrogens (primary N) is 1. The Kier molecular flexibility index (Phi) is 5.36. The number of unbranched alkanes of at least 4 members (excludes halogenated alkanes) is 1. The smallest absolute Gasteiger partial charge is 0.255 e. The second kappa shape index (κ2) is 6.85. The molecule has 0 radical (unpaired) electrons. The summed E-state index contributed by atoms with van der Waals surface area (Å²) in [4.78, 5) is 11.8. The number of carbonyl (C=O) groups is 1. The summed E-state index contributed by atoms with van der Waals surface area (Å²) in [6.45, 7) is 1.30. The van der Waals surface area contributed by atoms with Gasteiger partial charge in [0.25, 0.3) is 5.91 Å². The zero-order valence-electron chi connectivity index (χ0n) is 9.53. The van der Waals surface area contributed by atoms with Crippen LogP contribution in [-0.4, -0.2) is 26.1 Å². The van der Waals surface area contributed by atoms with Crippen LogP contribution in [0.25, 0.3) is 0 Å². The van der Waals surface area contributed by atoms with E-state index in [4.69, 9.17) is 10.5 Å². The van der Waals surface area contributed by atoms with Gasteiger partial charge in [-0.2, -0.15) is 0 Å². The van der Waals surface area contributed by atoms with Crippen LogP contribution < -0.4 is 15.8 Å². The Hall–Kier alpha value is -1.55. The summed E-state index contributed by atoms with van der Waals surface area (Å²) < 4.78 is 5.11. The Balaban J connectivity index is 2.52. The van der Waals surface area contributed by atoms with E-state index in [0.717, 1.165) is 12.8 Å². The summed E-state index contributed by atoms with van der Waals surface area (Å²) >= 11 is 0. The summed E-state index contributed by atoms with van der Waals surface area (Å²) in [6, 6.07) is 7.17. The highest BCUT2D eigenvalue weighted by Crippen LogP contribution is 2.16. The lowest BCUT2D eigenvalue weighted by atomic mass is 10.2. The van der Waals surface area contributed by atoms with Crippen LogP contribution in [0, 0.1) is 0 Å². The number of hydrogen-bond donors (Lipinski definition) is 2. The Morgan fingerprint density at radius 1 is 1.38 bits per heavy atom. The van der Waals surface area contributed by atoms with Crippen molar-refractivity contribution in [2.24, 2.45) is 5.73 Å². The van der Waals surface area contributed by atoms with Gasteiger partial charge in [0.15, 0.2) is 0 Å². The predicted octanol–water partition coefficient (Wildman–Crippen LogP) is 1.16. The molecule has 1 aromatic rings. The molecule has 1 rings (SSSR count). The fraction of sp³-hybridized carbons (Fsp3) is 0.417. The zero-order valence-corrected chi connectivity index (χ0v) is 9.53. The van der Waals surface area contributed by atoms with E-state index in [1.54, 1.807) is 19.2 Å². The molecule has 0 saturated heterocycles. The highest BCUT2D eigenvalue weighted by molar-refractivity contribution is 5.96. The Morgan fingerprint density at radius 2 is 2.12 bits per heavy atom. The van der Waals surface area contributed by atoms with Gasteiger partial charge in [-0.3, -0.25) is 4.79 Å². The molecule has 1 aromatic carbocycles. The van der Waals surface area contributed by atoms with Crippen molar-refractivity contribution < 1.29 is 9.53 Å². The number of para-hydroxylation sites is 1. The van der Waals surface area contributed by atoms with Crippen LogP contribution in [0.15, 0.2) is 24.3 Å². The first kappa shape index (κ1) is 12.5. The van der Waals surface area contributed by atoms with Gasteiger partial charge in [-0.05, 0) is 31.5 Å². The van der Waals surface area contributed by atoms with Crippen LogP contribution in [0.2, 0.25) is 0 Å². The zero-order chi connectivity index (χ0) is 11.8. The molecule has 0 saturated carbocycles. The van der Waals surface area contributed by atoms with Gasteiger partial charge in [0.1, 0.15) is 5.75 Å². The standard InChI is InChI=1S/C12H18N2O2/c1-16-11-7-3-2-6-10(11)12(15)14-9-5-4-8-13/h2-3,6-7H,4-5,8-9,13H2,1H3,(H,14,15). The van der Waals surface area contributed by atoms with Crippen LogP contribution in [0.4, 0.5) is 0 Å². The molecule has 0 aliphatic rings. The van der Waals surface area contributed by atoms with E-state index in [1.807, 2.05) is 12.1 Å². The molecule has 0 aliphatic carbocycles. The van der Waals surface area contributed by atoms with Gasteiger partial charge in [0.2, 0.25) is 0 Å². The number of ether oxygens (including phenoxy) is 1. The quantitative estimate of drug-likeness (QED) is 0.710. The largest absolute Gasteiger partial charge is 0.496 e. The van der Waals surface area contributed by atoms with Gasteiger partial charge in [0.05, 0.1) is 12.7 Å². The minimum atomic E-state index is -0.102. The molecule has 16 heavy (non-hydrogen) atoms. The first-order chi connectivity index (χ1) is 7.79. The SMILES string of the molecule is COc1ccccc1C(=O)NCCCCN. The van der Waals surface area contributed by atoms with Gasteiger partial charge < -0.3 is 15.8 Å². The van der Waals surface area contributed by atoms with E-state index >= 15 is 0 Å². The lowest BCUT2D eigenvalue weighted by Crippen LogP contribution is -2.25. The Morgan fingerprint density at radius 3 is 2.81 bits per heavy atom. The minimum Gasteiger partial charge on any atom is -0.496 e. The highest BCUT2D eigenvalue weighted by atomic mass is 16.5. The molecule has 1 amide bonds. The number of hydrogen-bond acceptors (Lipinski definition) is 3. The molecule has 0 atom stereocenters. The van der Waals surface area contributed by atoms with Crippen molar-refractivity contribution in [1.29, 1.82) is 0 Å². The Labute approximate surface area is 95.8 Å². The Bertz CT molecular complexity index is 340. The van der Waals surface area contributed by atoms with E-state index in [2.05, 4.69) is 5.32 Å². The third kappa shape index (κ3) is 3.55. The summed E-state index contributed by atoms with van der Waals surface area (Å²) in [5, 5.41) is 2.83. The topological polar surface area (TPSA) is 64.3 Å². The number of rotatable bonds is 6. The van der Waals surface area contributed by atoms with Gasteiger partial charge in [-0.25, -0.2) is 0 Å². The summed E-state index contributed by atoms with van der Waals surface area (Å²) in [6.07, 6.45) is 1.82. The fourth-order valence-electron chi connectivity index (χ4n) is 1.40. The molecule has 0 heterocycles. The normalized spacial score (nSPS) is 9.88. The number of benzene rings is 1. The summed E-state index contributed by atoms with van der Waals surface area (Å²) in [7, 11) is 1.56. The fourth-order valence-corrected chi connectivity index (χ4v) is 1.40. The highest BCUT2D eigenvalue weighted by Gasteiger charge is 2.09. The third-order valence-corrected chi connectivity index (χ3v) is 2.27. The molecular weight excluding hydrogens is 204 g/mol. The van der Waals surface area contributed by atoms with Crippen molar-refractivity contribution in [2.45, 2.75) is 12.8 Å². The molecule has 0 aromatic heterocycles. The van der Waals surface area contributed by atoms with Crippen LogP contribution in [0.5, 0.6) is 5.75 Å². The van der Waals surface area contributed by atoms with Crippen LogP contribution in [0.1, 0.15) is 23.2 Å². The molecular formula is C12H18N2O2. The minimum absolute atomic E-state index is 0.102. The molecule has 4 nitrogen and oxygen atoms in total. The maximum Gasteiger partial charge on any atom is 0.255 e. The maximum atomic E-state index is 11.8. The van der Waals surface area contributed by atoms with Gasteiger partial charge >= 0.3 is 0 Å².